The molecule has 2 heterocycles. The number of hydrogen-bond acceptors (Lipinski definition) is 7. The fourth-order valence-electron chi connectivity index (χ4n) is 3.27. The Morgan fingerprint density at radius 2 is 1.82 bits per heavy atom. The molecule has 0 aliphatic carbocycles. The predicted octanol–water partition coefficient (Wildman–Crippen LogP) is 3.75. The van der Waals surface area contributed by atoms with E-state index in [9.17, 15) is 9.59 Å². The van der Waals surface area contributed by atoms with Crippen LogP contribution in [0.2, 0.25) is 0 Å². The first kappa shape index (κ1) is 22.5. The van der Waals surface area contributed by atoms with Gasteiger partial charge in [-0.25, -0.2) is 15.0 Å². The van der Waals surface area contributed by atoms with Crippen LogP contribution in [0.3, 0.4) is 0 Å². The Kier molecular flexibility index (Phi) is 6.99. The van der Waals surface area contributed by atoms with Gasteiger partial charge in [-0.15, -0.1) is 0 Å². The molecule has 1 amide bonds. The lowest BCUT2D eigenvalue weighted by Crippen LogP contribution is -2.29. The zero-order valence-corrected chi connectivity index (χ0v) is 19.1. The molecule has 4 rings (SSSR count). The van der Waals surface area contributed by atoms with Gasteiger partial charge in [0.1, 0.15) is 5.75 Å². The van der Waals surface area contributed by atoms with Gasteiger partial charge >= 0.3 is 0 Å². The molecule has 168 valence electrons. The second-order valence-corrected chi connectivity index (χ2v) is 8.40. The minimum Gasteiger partial charge on any atom is -0.497 e. The Balaban J connectivity index is 1.65. The summed E-state index contributed by atoms with van der Waals surface area (Å²) in [7, 11) is 1.59. The molecule has 1 N–H and O–H groups in total. The number of rotatable bonds is 8. The number of anilines is 1. The zero-order chi connectivity index (χ0) is 23.2. The molecule has 0 saturated carbocycles. The maximum absolute atomic E-state index is 13.2. The van der Waals surface area contributed by atoms with Gasteiger partial charge in [0.2, 0.25) is 5.91 Å². The van der Waals surface area contributed by atoms with E-state index in [1.165, 1.54) is 24.2 Å². The highest BCUT2D eigenvalue weighted by atomic mass is 32.2. The molecule has 0 saturated heterocycles. The molecule has 2 aromatic heterocycles. The SMILES string of the molecule is CC[C@H](Sc1nc2nccnc2c(=O)n1Cc1ccccc1)C(=O)Nc1ccc(OC)cc1. The van der Waals surface area contributed by atoms with E-state index >= 15 is 0 Å². The quantitative estimate of drug-likeness (QED) is 0.315. The van der Waals surface area contributed by atoms with Gasteiger partial charge in [-0.05, 0) is 36.2 Å². The molecule has 9 heteroatoms. The third-order valence-electron chi connectivity index (χ3n) is 5.01. The summed E-state index contributed by atoms with van der Waals surface area (Å²) in [6.07, 6.45) is 3.52. The lowest BCUT2D eigenvalue weighted by molar-refractivity contribution is -0.115. The number of thioether (sulfide) groups is 1. The molecule has 1 atom stereocenters. The van der Waals surface area contributed by atoms with Crippen LogP contribution < -0.4 is 15.6 Å². The summed E-state index contributed by atoms with van der Waals surface area (Å²) in [5.74, 6) is 0.535. The van der Waals surface area contributed by atoms with Gasteiger partial charge < -0.3 is 10.1 Å². The monoisotopic (exact) mass is 461 g/mol. The van der Waals surface area contributed by atoms with E-state index in [1.807, 2.05) is 37.3 Å². The highest BCUT2D eigenvalue weighted by Gasteiger charge is 2.23. The first-order valence-corrected chi connectivity index (χ1v) is 11.3. The number of aromatic nitrogens is 4. The van der Waals surface area contributed by atoms with Gasteiger partial charge in [0, 0.05) is 18.1 Å². The molecule has 0 fully saturated rings. The number of fused-ring (bicyclic) bond motifs is 1. The average molecular weight is 462 g/mol. The fraction of sp³-hybridized carbons (Fsp3) is 0.208. The number of carbonyl (C=O) groups is 1. The smallest absolute Gasteiger partial charge is 0.282 e. The van der Waals surface area contributed by atoms with Crippen molar-refractivity contribution >= 4 is 34.5 Å². The summed E-state index contributed by atoms with van der Waals surface area (Å²) in [6, 6.07) is 16.8. The second kappa shape index (κ2) is 10.3. The van der Waals surface area contributed by atoms with E-state index < -0.39 is 5.25 Å². The van der Waals surface area contributed by atoms with Gasteiger partial charge in [-0.1, -0.05) is 49.0 Å². The number of amides is 1. The number of methoxy groups -OCH3 is 1. The number of benzene rings is 2. The van der Waals surface area contributed by atoms with E-state index in [0.717, 1.165) is 5.56 Å². The predicted molar refractivity (Wildman–Crippen MR) is 129 cm³/mol. The summed E-state index contributed by atoms with van der Waals surface area (Å²) in [6.45, 7) is 2.24. The van der Waals surface area contributed by atoms with Gasteiger partial charge in [0.05, 0.1) is 18.9 Å². The molecule has 0 bridgehead atoms. The van der Waals surface area contributed by atoms with Crippen LogP contribution in [0.25, 0.3) is 11.2 Å². The number of nitrogens with one attached hydrogen (secondary N) is 1. The van der Waals surface area contributed by atoms with Gasteiger partial charge in [-0.2, -0.15) is 0 Å². The summed E-state index contributed by atoms with van der Waals surface area (Å²) in [5, 5.41) is 2.89. The molecular weight excluding hydrogens is 438 g/mol. The molecule has 0 aliphatic heterocycles. The van der Waals surface area contributed by atoms with Crippen LogP contribution in [0, 0.1) is 0 Å². The summed E-state index contributed by atoms with van der Waals surface area (Å²) >= 11 is 1.25. The van der Waals surface area contributed by atoms with Crippen molar-refractivity contribution in [1.82, 2.24) is 19.5 Å². The maximum Gasteiger partial charge on any atom is 0.282 e. The molecular formula is C24H23N5O3S. The minimum absolute atomic E-state index is 0.174. The number of carbonyl (C=O) groups excluding carboxylic acids is 1. The summed E-state index contributed by atoms with van der Waals surface area (Å²) < 4.78 is 6.72. The topological polar surface area (TPSA) is 99.0 Å². The Morgan fingerprint density at radius 3 is 2.52 bits per heavy atom. The lowest BCUT2D eigenvalue weighted by atomic mass is 10.2. The molecule has 0 unspecified atom stereocenters. The van der Waals surface area contributed by atoms with E-state index in [2.05, 4.69) is 20.3 Å². The molecule has 8 nitrogen and oxygen atoms in total. The Bertz CT molecular complexity index is 1310. The molecule has 0 radical (unpaired) electrons. The second-order valence-electron chi connectivity index (χ2n) is 7.23. The van der Waals surface area contributed by atoms with Crippen molar-refractivity contribution in [2.45, 2.75) is 30.3 Å². The number of nitrogens with zero attached hydrogens (tertiary/aromatic N) is 4. The highest BCUT2D eigenvalue weighted by Crippen LogP contribution is 2.26. The van der Waals surface area contributed by atoms with Crippen LogP contribution in [-0.2, 0) is 11.3 Å². The van der Waals surface area contributed by atoms with E-state index in [-0.39, 0.29) is 22.6 Å². The van der Waals surface area contributed by atoms with Crippen molar-refractivity contribution in [3.63, 3.8) is 0 Å². The van der Waals surface area contributed by atoms with Gasteiger partial charge in [0.25, 0.3) is 5.56 Å². The Morgan fingerprint density at radius 1 is 1.09 bits per heavy atom. The standard InChI is InChI=1S/C24H23N5O3S/c1-3-19(22(30)27-17-9-11-18(32-2)12-10-17)33-24-28-21-20(25-13-14-26-21)23(31)29(24)15-16-7-5-4-6-8-16/h4-14,19H,3,15H2,1-2H3,(H,27,30)/t19-/m0/s1. The molecule has 0 spiro atoms. The van der Waals surface area contributed by atoms with Gasteiger partial charge in [0.15, 0.2) is 16.3 Å². The largest absolute Gasteiger partial charge is 0.497 e. The Hall–Kier alpha value is -3.72. The van der Waals surface area contributed by atoms with Crippen LogP contribution >= 0.6 is 11.8 Å². The van der Waals surface area contributed by atoms with E-state index in [1.54, 1.807) is 35.9 Å². The first-order valence-electron chi connectivity index (χ1n) is 10.5. The molecule has 33 heavy (non-hydrogen) atoms. The summed E-state index contributed by atoms with van der Waals surface area (Å²) in [4.78, 5) is 39.2. The Labute approximate surface area is 195 Å². The third-order valence-corrected chi connectivity index (χ3v) is 6.37. The number of ether oxygens (including phenoxy) is 1. The van der Waals surface area contributed by atoms with E-state index in [0.29, 0.717) is 29.6 Å². The van der Waals surface area contributed by atoms with Crippen molar-refractivity contribution in [2.24, 2.45) is 0 Å². The minimum atomic E-state index is -0.463. The van der Waals surface area contributed by atoms with Crippen LogP contribution in [0.4, 0.5) is 5.69 Å². The van der Waals surface area contributed by atoms with E-state index in [4.69, 9.17) is 4.74 Å². The average Bonchev–Trinajstić information content (AvgIpc) is 2.85. The van der Waals surface area contributed by atoms with Crippen LogP contribution in [0.5, 0.6) is 5.75 Å². The normalized spacial score (nSPS) is 11.8. The van der Waals surface area contributed by atoms with Crippen molar-refractivity contribution in [3.8, 4) is 5.75 Å². The summed E-state index contributed by atoms with van der Waals surface area (Å²) in [5.41, 5.74) is 1.79. The van der Waals surface area contributed by atoms with Crippen molar-refractivity contribution < 1.29 is 9.53 Å². The molecule has 0 aliphatic rings. The zero-order valence-electron chi connectivity index (χ0n) is 18.3. The lowest BCUT2D eigenvalue weighted by Gasteiger charge is -2.18. The number of hydrogen-bond donors (Lipinski definition) is 1. The van der Waals surface area contributed by atoms with Crippen molar-refractivity contribution in [1.29, 1.82) is 0 Å². The first-order chi connectivity index (χ1) is 16.1. The van der Waals surface area contributed by atoms with Crippen LogP contribution in [-0.4, -0.2) is 37.8 Å². The fourth-order valence-corrected chi connectivity index (χ4v) is 4.27. The van der Waals surface area contributed by atoms with Gasteiger partial charge in [-0.3, -0.25) is 14.2 Å². The van der Waals surface area contributed by atoms with Crippen molar-refractivity contribution in [2.75, 3.05) is 12.4 Å². The van der Waals surface area contributed by atoms with Crippen molar-refractivity contribution in [3.05, 3.63) is 82.9 Å². The van der Waals surface area contributed by atoms with Crippen LogP contribution in [0.1, 0.15) is 18.9 Å². The van der Waals surface area contributed by atoms with Crippen LogP contribution in [0.15, 0.2) is 76.9 Å². The molecule has 4 aromatic rings. The highest BCUT2D eigenvalue weighted by molar-refractivity contribution is 8.00. The third kappa shape index (κ3) is 5.20. The molecule has 2 aromatic carbocycles. The maximum atomic E-state index is 13.2.